The first-order valence-corrected chi connectivity index (χ1v) is 13.6. The second kappa shape index (κ2) is 20.0. The van der Waals surface area contributed by atoms with E-state index in [0.717, 1.165) is 11.5 Å². The van der Waals surface area contributed by atoms with Crippen LogP contribution >= 0.6 is 11.3 Å². The zero-order valence-electron chi connectivity index (χ0n) is 20.4. The molecular formula is C27H44O4S. The summed E-state index contributed by atoms with van der Waals surface area (Å²) in [5, 5.41) is 0.741. The fourth-order valence-corrected chi connectivity index (χ4v) is 4.32. The van der Waals surface area contributed by atoms with Crippen LogP contribution in [0.3, 0.4) is 0 Å². The zero-order valence-corrected chi connectivity index (χ0v) is 21.2. The van der Waals surface area contributed by atoms with Crippen LogP contribution in [0.15, 0.2) is 24.3 Å². The minimum atomic E-state index is -0.474. The van der Waals surface area contributed by atoms with E-state index in [9.17, 15) is 9.59 Å². The van der Waals surface area contributed by atoms with Crippen molar-refractivity contribution in [1.82, 2.24) is 0 Å². The molecule has 0 saturated carbocycles. The van der Waals surface area contributed by atoms with Gasteiger partial charge in [0.1, 0.15) is 6.42 Å². The lowest BCUT2D eigenvalue weighted by molar-refractivity contribution is -0.141. The number of unbranched alkanes of at least 4 members (excludes halogenated alkanes) is 12. The quantitative estimate of drug-likeness (QED) is 0.0603. The van der Waals surface area contributed by atoms with E-state index >= 15 is 0 Å². The van der Waals surface area contributed by atoms with Gasteiger partial charge < -0.3 is 9.47 Å². The first-order chi connectivity index (χ1) is 15.7. The van der Waals surface area contributed by atoms with Crippen molar-refractivity contribution < 1.29 is 19.1 Å². The fraction of sp³-hybridized carbons (Fsp3) is 0.704. The number of hydrogen-bond donors (Lipinski definition) is 0. The summed E-state index contributed by atoms with van der Waals surface area (Å²) in [7, 11) is 0. The molecule has 0 bridgehead atoms. The molecule has 0 amide bonds. The van der Waals surface area contributed by atoms with Gasteiger partial charge in [-0.1, -0.05) is 88.2 Å². The molecule has 5 heteroatoms. The summed E-state index contributed by atoms with van der Waals surface area (Å²) >= 11 is 1.30. The Kier molecular flexibility index (Phi) is 17.8. The number of carbonyl (C=O) groups is 2. The Labute approximate surface area is 199 Å². The van der Waals surface area contributed by atoms with Gasteiger partial charge in [0, 0.05) is 0 Å². The molecule has 0 aliphatic rings. The summed E-state index contributed by atoms with van der Waals surface area (Å²) in [6.07, 6.45) is 22.6. The molecule has 0 N–H and O–H groups in total. The van der Waals surface area contributed by atoms with Crippen LogP contribution in [0.1, 0.15) is 120 Å². The minimum absolute atomic E-state index is 0.206. The van der Waals surface area contributed by atoms with Crippen molar-refractivity contribution in [3.63, 3.8) is 0 Å². The summed E-state index contributed by atoms with van der Waals surface area (Å²) in [6.45, 7) is 4.96. The van der Waals surface area contributed by atoms with Crippen molar-refractivity contribution >= 4 is 23.1 Å². The van der Waals surface area contributed by atoms with Crippen LogP contribution in [-0.2, 0) is 9.53 Å². The highest BCUT2D eigenvalue weighted by molar-refractivity contribution is 7.15. The van der Waals surface area contributed by atoms with Gasteiger partial charge in [-0.3, -0.25) is 9.59 Å². The van der Waals surface area contributed by atoms with Gasteiger partial charge in [0.2, 0.25) is 0 Å². The lowest BCUT2D eigenvalue weighted by Gasteiger charge is -2.03. The third-order valence-electron chi connectivity index (χ3n) is 5.37. The number of carbonyl (C=O) groups excluding carboxylic acids is 2. The van der Waals surface area contributed by atoms with Gasteiger partial charge in [-0.05, 0) is 51.2 Å². The van der Waals surface area contributed by atoms with Crippen molar-refractivity contribution in [3.8, 4) is 5.06 Å². The highest BCUT2D eigenvalue weighted by Gasteiger charge is 2.15. The molecule has 0 fully saturated rings. The van der Waals surface area contributed by atoms with E-state index in [2.05, 4.69) is 19.1 Å². The van der Waals surface area contributed by atoms with E-state index in [-0.39, 0.29) is 12.2 Å². The van der Waals surface area contributed by atoms with Crippen molar-refractivity contribution in [1.29, 1.82) is 0 Å². The average molecular weight is 465 g/mol. The Morgan fingerprint density at radius 3 is 2.03 bits per heavy atom. The molecule has 182 valence electrons. The topological polar surface area (TPSA) is 52.6 Å². The zero-order chi connectivity index (χ0) is 23.3. The maximum absolute atomic E-state index is 12.0. The first-order valence-electron chi connectivity index (χ1n) is 12.7. The van der Waals surface area contributed by atoms with Crippen LogP contribution in [0.25, 0.3) is 0 Å². The Bertz CT molecular complexity index is 635. The molecule has 0 atom stereocenters. The molecule has 1 heterocycles. The van der Waals surface area contributed by atoms with Crippen molar-refractivity contribution in [3.05, 3.63) is 29.2 Å². The number of rotatable bonds is 21. The Morgan fingerprint density at radius 2 is 1.41 bits per heavy atom. The maximum Gasteiger partial charge on any atom is 0.313 e. The summed E-state index contributed by atoms with van der Waals surface area (Å²) in [5.41, 5.74) is 0. The Balaban J connectivity index is 1.93. The number of ether oxygens (including phenoxy) is 2. The second-order valence-corrected chi connectivity index (χ2v) is 9.36. The largest absolute Gasteiger partial charge is 0.484 e. The fourth-order valence-electron chi connectivity index (χ4n) is 3.50. The van der Waals surface area contributed by atoms with Crippen molar-refractivity contribution in [2.24, 2.45) is 0 Å². The predicted molar refractivity (Wildman–Crippen MR) is 135 cm³/mol. The molecule has 0 unspecified atom stereocenters. The molecule has 0 spiro atoms. The maximum atomic E-state index is 12.0. The summed E-state index contributed by atoms with van der Waals surface area (Å²) in [6, 6.07) is 3.53. The molecule has 1 aromatic heterocycles. The average Bonchev–Trinajstić information content (AvgIpc) is 3.25. The lowest BCUT2D eigenvalue weighted by Crippen LogP contribution is -2.10. The van der Waals surface area contributed by atoms with Crippen LogP contribution in [0.4, 0.5) is 0 Å². The van der Waals surface area contributed by atoms with E-state index in [4.69, 9.17) is 9.47 Å². The van der Waals surface area contributed by atoms with E-state index < -0.39 is 5.97 Å². The molecule has 4 nitrogen and oxygen atoms in total. The molecular weight excluding hydrogens is 420 g/mol. The van der Waals surface area contributed by atoms with Crippen LogP contribution in [-0.4, -0.2) is 25.0 Å². The molecule has 0 aliphatic carbocycles. The van der Waals surface area contributed by atoms with Crippen molar-refractivity contribution in [2.45, 2.75) is 110 Å². The number of thiophene rings is 1. The Hall–Kier alpha value is -1.62. The van der Waals surface area contributed by atoms with Crippen molar-refractivity contribution in [2.75, 3.05) is 13.2 Å². The van der Waals surface area contributed by atoms with Crippen LogP contribution in [0, 0.1) is 0 Å². The predicted octanol–water partition coefficient (Wildman–Crippen LogP) is 8.30. The number of hydrogen-bond acceptors (Lipinski definition) is 5. The third-order valence-corrected chi connectivity index (χ3v) is 6.41. The van der Waals surface area contributed by atoms with E-state index in [1.165, 1.54) is 94.8 Å². The molecule has 0 saturated heterocycles. The molecule has 0 aliphatic heterocycles. The highest BCUT2D eigenvalue weighted by atomic mass is 32.1. The number of Topliss-reactive ketones (excluding diaryl/α,β-unsaturated/α-hetero) is 1. The molecule has 1 aromatic rings. The van der Waals surface area contributed by atoms with Gasteiger partial charge in [-0.2, -0.15) is 0 Å². The highest BCUT2D eigenvalue weighted by Crippen LogP contribution is 2.26. The van der Waals surface area contributed by atoms with Crippen LogP contribution in [0.2, 0.25) is 0 Å². The van der Waals surface area contributed by atoms with Gasteiger partial charge in [0.05, 0.1) is 18.1 Å². The molecule has 32 heavy (non-hydrogen) atoms. The number of ketones is 1. The normalized spacial score (nSPS) is 11.2. The van der Waals surface area contributed by atoms with E-state index in [1.54, 1.807) is 13.0 Å². The van der Waals surface area contributed by atoms with E-state index in [1.807, 2.05) is 6.07 Å². The molecule has 0 radical (unpaired) electrons. The van der Waals surface area contributed by atoms with Gasteiger partial charge in [0.25, 0.3) is 0 Å². The summed E-state index contributed by atoms with van der Waals surface area (Å²) in [5.74, 6) is -0.682. The van der Waals surface area contributed by atoms with Gasteiger partial charge in [0.15, 0.2) is 10.8 Å². The number of esters is 1. The van der Waals surface area contributed by atoms with Gasteiger partial charge in [-0.15, -0.1) is 0 Å². The Morgan fingerprint density at radius 1 is 0.812 bits per heavy atom. The van der Waals surface area contributed by atoms with Crippen LogP contribution in [0.5, 0.6) is 5.06 Å². The molecule has 0 aromatic carbocycles. The standard InChI is InChI=1S/C27H44O4S/c1-3-5-6-7-8-9-10-11-12-13-14-15-16-17-18-19-22-31-27-21-20-25(32-27)24(28)23-26(29)30-4-2/h11-12,20-21H,3-10,13-19,22-23H2,1-2H3. The lowest BCUT2D eigenvalue weighted by atomic mass is 10.1. The minimum Gasteiger partial charge on any atom is -0.484 e. The van der Waals surface area contributed by atoms with Gasteiger partial charge in [-0.25, -0.2) is 0 Å². The monoisotopic (exact) mass is 464 g/mol. The summed E-state index contributed by atoms with van der Waals surface area (Å²) in [4.78, 5) is 24.0. The second-order valence-electron chi connectivity index (χ2n) is 8.31. The summed E-state index contributed by atoms with van der Waals surface area (Å²) < 4.78 is 10.6. The van der Waals surface area contributed by atoms with Crippen LogP contribution < -0.4 is 4.74 Å². The van der Waals surface area contributed by atoms with Gasteiger partial charge >= 0.3 is 5.97 Å². The van der Waals surface area contributed by atoms with E-state index in [0.29, 0.717) is 18.1 Å². The number of allylic oxidation sites excluding steroid dienone is 2. The first kappa shape index (κ1) is 28.4. The SMILES string of the molecule is CCCCCCCCC=CCCCCCCCCOc1ccc(C(=O)CC(=O)OCC)s1. The smallest absolute Gasteiger partial charge is 0.313 e. The third kappa shape index (κ3) is 15.2. The molecule has 1 rings (SSSR count).